The van der Waals surface area contributed by atoms with E-state index < -0.39 is 5.41 Å². The highest BCUT2D eigenvalue weighted by Crippen LogP contribution is 2.47. The van der Waals surface area contributed by atoms with Crippen LogP contribution in [0.15, 0.2) is 0 Å². The van der Waals surface area contributed by atoms with Gasteiger partial charge in [0.25, 0.3) is 0 Å². The standard InChI is InChI=1S/C46H88N4O6/c1-32(51)22-39(2,3)26-42(8,9)31-48-38(53)44(12,13)29-46(16,17)49(18)45(14,15)28-43(10,11)36-37(56-36)47-30-41(6,7)27-40(4,5)23-35(52)50-24-34(55-20)21-33(50)25-54-19/h33-34,36-37,47H,21-31H2,1-20H3,(H,48,53)/t33-,34+,36?,37?/m0/s1. The molecular weight excluding hydrogens is 705 g/mol. The molecule has 0 spiro atoms. The van der Waals surface area contributed by atoms with Crippen molar-refractivity contribution in [3.05, 3.63) is 0 Å². The molecule has 10 heteroatoms. The minimum absolute atomic E-state index is 0.00608. The van der Waals surface area contributed by atoms with Crippen molar-refractivity contribution in [3.8, 4) is 0 Å². The zero-order valence-electron chi connectivity index (χ0n) is 39.9. The summed E-state index contributed by atoms with van der Waals surface area (Å²) in [6.45, 7) is 39.6. The first-order valence-electron chi connectivity index (χ1n) is 21.3. The van der Waals surface area contributed by atoms with Gasteiger partial charge >= 0.3 is 0 Å². The first-order valence-corrected chi connectivity index (χ1v) is 21.3. The van der Waals surface area contributed by atoms with Gasteiger partial charge in [-0.3, -0.25) is 19.8 Å². The number of carbonyl (C=O) groups is 3. The molecule has 2 N–H and O–H groups in total. The fraction of sp³-hybridized carbons (Fsp3) is 0.935. The molecular formula is C46H88N4O6. The number of hydrogen-bond acceptors (Lipinski definition) is 8. The van der Waals surface area contributed by atoms with E-state index in [1.54, 1.807) is 21.1 Å². The van der Waals surface area contributed by atoms with Gasteiger partial charge in [-0.1, -0.05) is 83.1 Å². The van der Waals surface area contributed by atoms with Gasteiger partial charge in [0.05, 0.1) is 18.8 Å². The van der Waals surface area contributed by atoms with Crippen LogP contribution in [0.4, 0.5) is 0 Å². The summed E-state index contributed by atoms with van der Waals surface area (Å²) in [6, 6.07) is 0.0662. The third-order valence-corrected chi connectivity index (χ3v) is 12.6. The fourth-order valence-electron chi connectivity index (χ4n) is 11.0. The third kappa shape index (κ3) is 15.2. The molecule has 0 aliphatic carbocycles. The maximum Gasteiger partial charge on any atom is 0.225 e. The lowest BCUT2D eigenvalue weighted by molar-refractivity contribution is -0.136. The van der Waals surface area contributed by atoms with Gasteiger partial charge < -0.3 is 29.2 Å². The molecule has 0 aromatic rings. The molecule has 2 rings (SSSR count). The number of Topliss-reactive ketones (excluding diaryl/α,β-unsaturated/α-hetero) is 1. The average Bonchev–Trinajstić information content (AvgIpc) is 3.68. The molecule has 2 heterocycles. The highest BCUT2D eigenvalue weighted by Gasteiger charge is 2.53. The van der Waals surface area contributed by atoms with Crippen molar-refractivity contribution in [1.82, 2.24) is 20.4 Å². The summed E-state index contributed by atoms with van der Waals surface area (Å²) in [5.41, 5.74) is -1.56. The Bertz CT molecular complexity index is 1330. The van der Waals surface area contributed by atoms with Gasteiger partial charge in [-0.05, 0) is 101 Å². The van der Waals surface area contributed by atoms with Gasteiger partial charge in [0, 0.05) is 63.2 Å². The van der Waals surface area contributed by atoms with Crippen molar-refractivity contribution in [2.45, 2.75) is 198 Å². The van der Waals surface area contributed by atoms with E-state index in [2.05, 4.69) is 133 Å². The molecule has 0 bridgehead atoms. The lowest BCUT2D eigenvalue weighted by Gasteiger charge is -2.51. The number of epoxide rings is 1. The Kier molecular flexibility index (Phi) is 16.6. The van der Waals surface area contributed by atoms with E-state index in [1.165, 1.54) is 0 Å². The number of ether oxygens (including phenoxy) is 3. The van der Waals surface area contributed by atoms with Crippen LogP contribution < -0.4 is 10.6 Å². The van der Waals surface area contributed by atoms with Crippen molar-refractivity contribution in [3.63, 3.8) is 0 Å². The minimum atomic E-state index is -0.578. The summed E-state index contributed by atoms with van der Waals surface area (Å²) in [5.74, 6) is 0.444. The molecule has 0 aromatic carbocycles. The fourth-order valence-corrected chi connectivity index (χ4v) is 11.0. The molecule has 56 heavy (non-hydrogen) atoms. The molecule has 2 fully saturated rings. The topological polar surface area (TPSA) is 113 Å². The minimum Gasteiger partial charge on any atom is -0.383 e. The Labute approximate surface area is 344 Å². The van der Waals surface area contributed by atoms with Gasteiger partial charge in [0.1, 0.15) is 18.1 Å². The largest absolute Gasteiger partial charge is 0.383 e. The van der Waals surface area contributed by atoms with Crippen LogP contribution in [0.5, 0.6) is 0 Å². The summed E-state index contributed by atoms with van der Waals surface area (Å²) in [7, 11) is 5.60. The van der Waals surface area contributed by atoms with E-state index in [1.807, 2.05) is 4.90 Å². The van der Waals surface area contributed by atoms with Crippen LogP contribution in [0.1, 0.15) is 163 Å². The molecule has 2 unspecified atom stereocenters. The van der Waals surface area contributed by atoms with Crippen molar-refractivity contribution in [2.75, 3.05) is 47.5 Å². The van der Waals surface area contributed by atoms with E-state index in [-0.39, 0.29) is 80.2 Å². The van der Waals surface area contributed by atoms with E-state index in [4.69, 9.17) is 14.2 Å². The summed E-state index contributed by atoms with van der Waals surface area (Å²) in [6.07, 6.45) is 5.36. The van der Waals surface area contributed by atoms with Crippen LogP contribution in [-0.4, -0.2) is 110 Å². The molecule has 2 amide bonds. The smallest absolute Gasteiger partial charge is 0.225 e. The highest BCUT2D eigenvalue weighted by molar-refractivity contribution is 5.82. The molecule has 2 aliphatic rings. The predicted molar refractivity (Wildman–Crippen MR) is 229 cm³/mol. The second kappa shape index (κ2) is 18.4. The van der Waals surface area contributed by atoms with Gasteiger partial charge in [-0.2, -0.15) is 0 Å². The Morgan fingerprint density at radius 1 is 0.732 bits per heavy atom. The summed E-state index contributed by atoms with van der Waals surface area (Å²) >= 11 is 0. The summed E-state index contributed by atoms with van der Waals surface area (Å²) in [5, 5.41) is 7.01. The molecule has 0 aromatic heterocycles. The number of methoxy groups -OCH3 is 2. The second-order valence-corrected chi connectivity index (χ2v) is 23.8. The number of hydrogen-bond donors (Lipinski definition) is 2. The van der Waals surface area contributed by atoms with Crippen LogP contribution in [-0.2, 0) is 28.6 Å². The number of amides is 2. The summed E-state index contributed by atoms with van der Waals surface area (Å²) in [4.78, 5) is 43.5. The van der Waals surface area contributed by atoms with Crippen LogP contribution in [0.3, 0.4) is 0 Å². The predicted octanol–water partition coefficient (Wildman–Crippen LogP) is 8.26. The van der Waals surface area contributed by atoms with Crippen molar-refractivity contribution in [1.29, 1.82) is 0 Å². The maximum atomic E-state index is 13.7. The molecule has 10 nitrogen and oxygen atoms in total. The molecule has 2 aliphatic heterocycles. The van der Waals surface area contributed by atoms with Gasteiger partial charge in [0.2, 0.25) is 11.8 Å². The highest BCUT2D eigenvalue weighted by atomic mass is 16.6. The average molecular weight is 793 g/mol. The molecule has 4 atom stereocenters. The number of nitrogens with one attached hydrogen (secondary N) is 2. The van der Waals surface area contributed by atoms with Crippen LogP contribution in [0.25, 0.3) is 0 Å². The maximum absolute atomic E-state index is 13.7. The van der Waals surface area contributed by atoms with Crippen LogP contribution in [0, 0.1) is 32.5 Å². The zero-order valence-corrected chi connectivity index (χ0v) is 39.9. The van der Waals surface area contributed by atoms with Crippen LogP contribution in [0.2, 0.25) is 0 Å². The van der Waals surface area contributed by atoms with E-state index in [0.717, 1.165) is 32.2 Å². The normalized spacial score (nSPS) is 21.8. The van der Waals surface area contributed by atoms with E-state index in [0.29, 0.717) is 39.0 Å². The molecule has 2 saturated heterocycles. The van der Waals surface area contributed by atoms with Gasteiger partial charge in [-0.25, -0.2) is 0 Å². The third-order valence-electron chi connectivity index (χ3n) is 12.6. The SMILES string of the molecule is COC[C@@H]1C[C@@H](OC)CN1C(=O)CC(C)(C)CC(C)(C)CNC1OC1C(C)(C)CC(C)(C)N(C)C(C)(C)CC(C)(C)C(=O)NCC(C)(C)CC(C)(C)CC(C)=O. The van der Waals surface area contributed by atoms with Crippen LogP contribution >= 0.6 is 0 Å². The number of likely N-dealkylation sites (tertiary alicyclic amines) is 1. The monoisotopic (exact) mass is 793 g/mol. The second-order valence-electron chi connectivity index (χ2n) is 23.8. The molecule has 0 saturated carbocycles. The van der Waals surface area contributed by atoms with Crippen molar-refractivity contribution < 1.29 is 28.6 Å². The number of ketones is 1. The van der Waals surface area contributed by atoms with Crippen molar-refractivity contribution in [2.24, 2.45) is 32.5 Å². The Morgan fingerprint density at radius 3 is 1.77 bits per heavy atom. The lowest BCUT2D eigenvalue weighted by Crippen LogP contribution is -2.57. The van der Waals surface area contributed by atoms with Crippen molar-refractivity contribution >= 4 is 17.6 Å². The number of carbonyl (C=O) groups excluding carboxylic acids is 3. The molecule has 0 radical (unpaired) electrons. The Hall–Kier alpha value is -1.59. The summed E-state index contributed by atoms with van der Waals surface area (Å²) < 4.78 is 17.4. The first-order chi connectivity index (χ1) is 25.1. The molecule has 328 valence electrons. The number of rotatable bonds is 24. The van der Waals surface area contributed by atoms with E-state index in [9.17, 15) is 14.4 Å². The zero-order chi connectivity index (χ0) is 43.5. The van der Waals surface area contributed by atoms with Gasteiger partial charge in [-0.15, -0.1) is 0 Å². The first kappa shape index (κ1) is 50.6. The number of nitrogens with zero attached hydrogens (tertiary/aromatic N) is 2. The Balaban J connectivity index is 1.95. The Morgan fingerprint density at radius 2 is 1.25 bits per heavy atom. The van der Waals surface area contributed by atoms with E-state index >= 15 is 0 Å². The lowest BCUT2D eigenvalue weighted by atomic mass is 9.72. The quantitative estimate of drug-likeness (QED) is 0.0941. The van der Waals surface area contributed by atoms with Gasteiger partial charge in [0.15, 0.2) is 0 Å².